The molecule has 0 radical (unpaired) electrons. The topological polar surface area (TPSA) is 57.5 Å². The molecular formula is C10H26Cl2O3Si2Ti-2. The first kappa shape index (κ1) is 36.4. The Hall–Kier alpha value is 0.928. The van der Waals surface area contributed by atoms with Gasteiger partial charge in [-0.15, -0.1) is 31.2 Å². The van der Waals surface area contributed by atoms with E-state index in [0.717, 1.165) is 13.5 Å². The van der Waals surface area contributed by atoms with E-state index in [1.54, 1.807) is 7.63 Å². The van der Waals surface area contributed by atoms with Gasteiger partial charge in [0, 0.05) is 7.11 Å². The second kappa shape index (κ2) is 30.7. The number of aliphatic hydroxyl groups is 1. The summed E-state index contributed by atoms with van der Waals surface area (Å²) in [4.78, 5) is 8.66. The average Bonchev–Trinajstić information content (AvgIpc) is 2.61. The Balaban J connectivity index is -0.0000000266. The van der Waals surface area contributed by atoms with Gasteiger partial charge in [-0.3, -0.25) is 6.08 Å². The molecule has 0 atom stereocenters. The Bertz CT molecular complexity index is 198. The van der Waals surface area contributed by atoms with Crippen molar-refractivity contribution in [1.29, 1.82) is 0 Å². The first-order chi connectivity index (χ1) is 6.91. The molecule has 0 saturated carbocycles. The third kappa shape index (κ3) is 122. The molecule has 0 unspecified atom stereocenters. The normalized spacial score (nSPS) is 9.00. The van der Waals surface area contributed by atoms with E-state index in [1.807, 2.05) is 31.8 Å². The summed E-state index contributed by atoms with van der Waals surface area (Å²) >= 11 is -0.722. The van der Waals surface area contributed by atoms with Gasteiger partial charge in [0.15, 0.2) is 8.32 Å². The van der Waals surface area contributed by atoms with Gasteiger partial charge in [0.2, 0.25) is 0 Å². The number of aliphatic hydroxyl groups excluding tert-OH is 1. The van der Waals surface area contributed by atoms with Crippen LogP contribution in [0.2, 0.25) is 19.6 Å². The molecule has 112 valence electrons. The van der Waals surface area contributed by atoms with E-state index in [4.69, 9.17) is 13.2 Å². The Morgan fingerprint density at radius 2 is 1.56 bits per heavy atom. The van der Waals surface area contributed by atoms with Crippen LogP contribution in [0, 0.1) is 13.5 Å². The van der Waals surface area contributed by atoms with E-state index in [9.17, 15) is 0 Å². The first-order valence-corrected chi connectivity index (χ1v) is 12.6. The van der Waals surface area contributed by atoms with Gasteiger partial charge in [-0.25, -0.2) is 12.2 Å². The molecule has 0 bridgehead atoms. The molecule has 0 saturated heterocycles. The molecule has 8 heteroatoms. The zero-order valence-corrected chi connectivity index (χ0v) is 17.4. The molecule has 0 aromatic heterocycles. The second-order valence-corrected chi connectivity index (χ2v) is 9.30. The fraction of sp³-hybridized carbons (Fsp3) is 0.500. The van der Waals surface area contributed by atoms with Crippen LogP contribution in [0.4, 0.5) is 0 Å². The zero-order valence-electron chi connectivity index (χ0n) is 11.8. The Labute approximate surface area is 136 Å². The summed E-state index contributed by atoms with van der Waals surface area (Å²) in [5, 5.41) is 7.00. The molecule has 0 heterocycles. The molecule has 1 rings (SSSR count). The quantitative estimate of drug-likeness (QED) is 0.507. The fourth-order valence-corrected chi connectivity index (χ4v) is 0.340. The molecule has 1 aliphatic carbocycles. The van der Waals surface area contributed by atoms with E-state index in [0.29, 0.717) is 0 Å². The maximum absolute atomic E-state index is 9.07. The predicted octanol–water partition coefficient (Wildman–Crippen LogP) is 1.98. The Kier molecular flexibility index (Phi) is 62.2. The summed E-state index contributed by atoms with van der Waals surface area (Å²) in [5.41, 5.74) is 0. The van der Waals surface area contributed by atoms with E-state index >= 15 is 0 Å². The van der Waals surface area contributed by atoms with Crippen LogP contribution >= 0.6 is 24.8 Å². The molecule has 0 amide bonds. The summed E-state index contributed by atoms with van der Waals surface area (Å²) in [6, 6.07) is 0. The Morgan fingerprint density at radius 3 is 1.61 bits per heavy atom. The Morgan fingerprint density at radius 1 is 1.28 bits per heavy atom. The van der Waals surface area contributed by atoms with Gasteiger partial charge >= 0.3 is 28.8 Å². The number of hydrogen-bond acceptors (Lipinski definition) is 3. The van der Waals surface area contributed by atoms with E-state index < -0.39 is 26.2 Å². The van der Waals surface area contributed by atoms with Crippen molar-refractivity contribution in [2.75, 3.05) is 7.11 Å². The summed E-state index contributed by atoms with van der Waals surface area (Å²) < 4.78 is 9.07. The minimum absolute atomic E-state index is 0. The summed E-state index contributed by atoms with van der Waals surface area (Å²) in [6.07, 6.45) is 10.0. The van der Waals surface area contributed by atoms with Gasteiger partial charge in [-0.2, -0.15) is 6.08 Å². The van der Waals surface area contributed by atoms with Crippen LogP contribution in [-0.2, 0) is 21.2 Å². The zero-order chi connectivity index (χ0) is 12.7. The monoisotopic (exact) mass is 368 g/mol. The van der Waals surface area contributed by atoms with Gasteiger partial charge in [0.1, 0.15) is 0 Å². The average molecular weight is 369 g/mol. The number of allylic oxidation sites excluding steroid dienone is 4. The van der Waals surface area contributed by atoms with E-state index in [1.165, 1.54) is 0 Å². The molecule has 0 spiro atoms. The number of halogens is 2. The molecule has 0 aliphatic heterocycles. The van der Waals surface area contributed by atoms with Gasteiger partial charge in [0.25, 0.3) is 0 Å². The number of hydrogen-bond donors (Lipinski definition) is 2. The SMILES string of the molecule is CO.C[Si](C)(C)O.Cl.Cl.[C-]1=CC=CC1.[CH3-].[O]=[Ti]=[SiH2]. The van der Waals surface area contributed by atoms with Gasteiger partial charge in [-0.1, -0.05) is 0 Å². The van der Waals surface area contributed by atoms with Gasteiger partial charge in [0.05, 0.1) is 0 Å². The molecule has 3 nitrogen and oxygen atoms in total. The van der Waals surface area contributed by atoms with Crippen LogP contribution in [0.1, 0.15) is 6.42 Å². The molecule has 1 aliphatic rings. The third-order valence-corrected chi connectivity index (χ3v) is 0.586. The molecule has 2 N–H and O–H groups in total. The fourth-order valence-electron chi connectivity index (χ4n) is 0.340. The standard InChI is InChI=1S/C5H5.C3H10OSi.CH4O.CH3.2ClH.O.H2Si.Ti/c1-2-4-5-3-1;1-5(2,3)4;1-2;;;;;;/h1-3H,4H2;4H,1-3H3;2H,1H3;1H3;2*1H;;1H2;/q-1;;;-1;;;;;. The first-order valence-electron chi connectivity index (χ1n) is 4.45. The third-order valence-electron chi connectivity index (χ3n) is 0.586. The van der Waals surface area contributed by atoms with Crippen LogP contribution in [0.15, 0.2) is 18.2 Å². The van der Waals surface area contributed by atoms with Gasteiger partial charge in [-0.05, 0) is 19.6 Å². The van der Waals surface area contributed by atoms with Crippen LogP contribution < -0.4 is 0 Å². The molecule has 0 aromatic rings. The van der Waals surface area contributed by atoms with Crippen molar-refractivity contribution in [3.8, 4) is 0 Å². The van der Waals surface area contributed by atoms with Crippen LogP contribution in [0.25, 0.3) is 0 Å². The second-order valence-electron chi connectivity index (χ2n) is 3.32. The van der Waals surface area contributed by atoms with Crippen molar-refractivity contribution < 1.29 is 31.1 Å². The minimum atomic E-state index is -1.61. The van der Waals surface area contributed by atoms with Crippen molar-refractivity contribution >= 4 is 40.8 Å². The molecule has 0 aromatic carbocycles. The molecule has 18 heavy (non-hydrogen) atoms. The van der Waals surface area contributed by atoms with Crippen molar-refractivity contribution in [3.05, 3.63) is 31.7 Å². The summed E-state index contributed by atoms with van der Waals surface area (Å²) in [6.45, 7) is 5.65. The van der Waals surface area contributed by atoms with Crippen LogP contribution in [-0.4, -0.2) is 33.0 Å². The van der Waals surface area contributed by atoms with Crippen molar-refractivity contribution in [3.63, 3.8) is 0 Å². The van der Waals surface area contributed by atoms with Crippen molar-refractivity contribution in [2.45, 2.75) is 26.1 Å². The number of rotatable bonds is 0. The molecular weight excluding hydrogens is 343 g/mol. The molecule has 0 fully saturated rings. The van der Waals surface area contributed by atoms with Gasteiger partial charge < -0.3 is 17.3 Å². The summed E-state index contributed by atoms with van der Waals surface area (Å²) in [5.74, 6) is 0. The maximum atomic E-state index is 9.07. The summed E-state index contributed by atoms with van der Waals surface area (Å²) in [7, 11) is 0.932. The van der Waals surface area contributed by atoms with Crippen LogP contribution in [0.3, 0.4) is 0 Å². The van der Waals surface area contributed by atoms with Crippen molar-refractivity contribution in [1.82, 2.24) is 0 Å². The predicted molar refractivity (Wildman–Crippen MR) is 85.4 cm³/mol. The van der Waals surface area contributed by atoms with E-state index in [2.05, 4.69) is 12.2 Å². The van der Waals surface area contributed by atoms with E-state index in [-0.39, 0.29) is 32.2 Å². The van der Waals surface area contributed by atoms with Crippen molar-refractivity contribution in [2.24, 2.45) is 0 Å². The van der Waals surface area contributed by atoms with Crippen LogP contribution in [0.5, 0.6) is 0 Å².